The van der Waals surface area contributed by atoms with Crippen LogP contribution < -0.4 is 14.7 Å². The number of benzene rings is 7. The molecule has 0 saturated heterocycles. The normalized spacial score (nSPS) is 12.6. The summed E-state index contributed by atoms with van der Waals surface area (Å²) in [6.07, 6.45) is 9.92. The van der Waals surface area contributed by atoms with Gasteiger partial charge in [0.2, 0.25) is 0 Å². The number of nitrogens with zero attached hydrogens (tertiary/aromatic N) is 3. The van der Waals surface area contributed by atoms with Crippen LogP contribution in [0.3, 0.4) is 0 Å². The van der Waals surface area contributed by atoms with Crippen LogP contribution in [0.5, 0.6) is 0 Å². The van der Waals surface area contributed by atoms with Crippen LogP contribution in [0.25, 0.3) is 16.5 Å². The maximum Gasteiger partial charge on any atom is 0.136 e. The number of allylic oxidation sites excluding steroid dienone is 2. The number of hydrogen-bond acceptors (Lipinski definition) is 4. The lowest BCUT2D eigenvalue weighted by Crippen LogP contribution is -2.17. The molecule has 0 radical (unpaired) electrons. The molecular formula is C52H45N3O. The predicted molar refractivity (Wildman–Crippen MR) is 236 cm³/mol. The molecule has 4 nitrogen and oxygen atoms in total. The van der Waals surface area contributed by atoms with Crippen LogP contribution in [-0.2, 0) is 6.42 Å². The number of anilines is 9. The van der Waals surface area contributed by atoms with Gasteiger partial charge in [-0.2, -0.15) is 0 Å². The highest BCUT2D eigenvalue weighted by Crippen LogP contribution is 2.47. The maximum absolute atomic E-state index is 6.25. The van der Waals surface area contributed by atoms with E-state index in [0.29, 0.717) is 0 Å². The summed E-state index contributed by atoms with van der Waals surface area (Å²) in [5.74, 6) is 0. The summed E-state index contributed by atoms with van der Waals surface area (Å²) in [7, 11) is 0. The van der Waals surface area contributed by atoms with Crippen LogP contribution in [0.15, 0.2) is 199 Å². The Hall–Kier alpha value is -6.78. The number of para-hydroxylation sites is 4. The zero-order chi connectivity index (χ0) is 37.7. The van der Waals surface area contributed by atoms with Gasteiger partial charge in [0.05, 0.1) is 17.1 Å². The van der Waals surface area contributed by atoms with Crippen molar-refractivity contribution in [1.29, 1.82) is 0 Å². The molecule has 8 aromatic rings. The molecule has 9 rings (SSSR count). The Morgan fingerprint density at radius 2 is 1.00 bits per heavy atom. The van der Waals surface area contributed by atoms with Gasteiger partial charge in [-0.05, 0) is 140 Å². The van der Waals surface area contributed by atoms with E-state index in [4.69, 9.17) is 4.42 Å². The summed E-state index contributed by atoms with van der Waals surface area (Å²) >= 11 is 0. The van der Waals surface area contributed by atoms with Gasteiger partial charge >= 0.3 is 0 Å². The van der Waals surface area contributed by atoms with Crippen LogP contribution in [0.2, 0.25) is 0 Å². The summed E-state index contributed by atoms with van der Waals surface area (Å²) in [4.78, 5) is 7.15. The Morgan fingerprint density at radius 3 is 1.64 bits per heavy atom. The summed E-state index contributed by atoms with van der Waals surface area (Å²) in [6.45, 7) is 2.27. The first kappa shape index (κ1) is 35.0. The largest absolute Gasteiger partial charge is 0.462 e. The van der Waals surface area contributed by atoms with Crippen LogP contribution in [0, 0.1) is 0 Å². The van der Waals surface area contributed by atoms with Crippen molar-refractivity contribution < 1.29 is 4.42 Å². The molecule has 1 heterocycles. The highest BCUT2D eigenvalue weighted by Gasteiger charge is 2.25. The second-order valence-electron chi connectivity index (χ2n) is 14.3. The smallest absolute Gasteiger partial charge is 0.136 e. The lowest BCUT2D eigenvalue weighted by atomic mass is 9.93. The van der Waals surface area contributed by atoms with Gasteiger partial charge in [0.25, 0.3) is 0 Å². The molecule has 0 unspecified atom stereocenters. The van der Waals surface area contributed by atoms with Crippen molar-refractivity contribution in [2.75, 3.05) is 14.7 Å². The SMILES string of the molecule is CCc1c(N(c2ccccc2)c2cccc(N(c3ccccc3)c3ccccc3)c2)cccc1N(c1cccc(C2=CCCCC2)c1)c1coc2ccccc12. The lowest BCUT2D eigenvalue weighted by Gasteiger charge is -2.33. The van der Waals surface area contributed by atoms with E-state index in [1.54, 1.807) is 0 Å². The molecule has 0 saturated carbocycles. The van der Waals surface area contributed by atoms with Crippen molar-refractivity contribution in [2.24, 2.45) is 0 Å². The molecule has 1 aliphatic carbocycles. The minimum absolute atomic E-state index is 0.811. The van der Waals surface area contributed by atoms with Gasteiger partial charge in [-0.1, -0.05) is 104 Å². The zero-order valence-corrected chi connectivity index (χ0v) is 31.8. The van der Waals surface area contributed by atoms with Crippen molar-refractivity contribution in [3.63, 3.8) is 0 Å². The first-order valence-corrected chi connectivity index (χ1v) is 19.8. The topological polar surface area (TPSA) is 22.9 Å². The average molecular weight is 728 g/mol. The van der Waals surface area contributed by atoms with E-state index in [-0.39, 0.29) is 0 Å². The molecule has 0 amide bonds. The molecular weight excluding hydrogens is 683 g/mol. The first-order valence-electron chi connectivity index (χ1n) is 19.8. The molecule has 7 aromatic carbocycles. The Labute approximate surface area is 330 Å². The molecule has 56 heavy (non-hydrogen) atoms. The Kier molecular flexibility index (Phi) is 9.93. The third-order valence-electron chi connectivity index (χ3n) is 10.8. The maximum atomic E-state index is 6.25. The average Bonchev–Trinajstić information content (AvgIpc) is 3.69. The van der Waals surface area contributed by atoms with E-state index in [9.17, 15) is 0 Å². The Bertz CT molecular complexity index is 2550. The molecule has 4 heteroatoms. The highest BCUT2D eigenvalue weighted by molar-refractivity contribution is 5.98. The van der Waals surface area contributed by atoms with Gasteiger partial charge in [0.15, 0.2) is 0 Å². The molecule has 1 aliphatic rings. The molecule has 0 bridgehead atoms. The predicted octanol–water partition coefficient (Wildman–Crippen LogP) is 15.4. The van der Waals surface area contributed by atoms with E-state index in [0.717, 1.165) is 81.4 Å². The molecule has 1 aromatic heterocycles. The van der Waals surface area contributed by atoms with Gasteiger partial charge in [-0.15, -0.1) is 0 Å². The number of fused-ring (bicyclic) bond motifs is 1. The van der Waals surface area contributed by atoms with Crippen molar-refractivity contribution in [1.82, 2.24) is 0 Å². The fourth-order valence-corrected chi connectivity index (χ4v) is 8.21. The van der Waals surface area contributed by atoms with Gasteiger partial charge < -0.3 is 19.1 Å². The fraction of sp³-hybridized carbons (Fsp3) is 0.115. The third-order valence-corrected chi connectivity index (χ3v) is 10.8. The highest BCUT2D eigenvalue weighted by atomic mass is 16.3. The summed E-state index contributed by atoms with van der Waals surface area (Å²) < 4.78 is 6.25. The van der Waals surface area contributed by atoms with E-state index < -0.39 is 0 Å². The van der Waals surface area contributed by atoms with Crippen molar-refractivity contribution in [3.8, 4) is 0 Å². The van der Waals surface area contributed by atoms with Gasteiger partial charge in [0.1, 0.15) is 11.8 Å². The van der Waals surface area contributed by atoms with Crippen LogP contribution in [-0.4, -0.2) is 0 Å². The van der Waals surface area contributed by atoms with Gasteiger partial charge in [-0.25, -0.2) is 0 Å². The lowest BCUT2D eigenvalue weighted by molar-refractivity contribution is 0.616. The van der Waals surface area contributed by atoms with E-state index in [2.05, 4.69) is 204 Å². The summed E-state index contributed by atoms with van der Waals surface area (Å²) in [5, 5.41) is 1.08. The van der Waals surface area contributed by atoms with Crippen molar-refractivity contribution in [3.05, 3.63) is 205 Å². The van der Waals surface area contributed by atoms with Gasteiger partial charge in [-0.3, -0.25) is 0 Å². The van der Waals surface area contributed by atoms with Crippen LogP contribution >= 0.6 is 0 Å². The standard InChI is InChI=1S/C52H45N3O/c1-2-47-49(54(43-27-13-6-14-28-43)46-31-18-30-45(37-46)53(41-23-9-4-10-24-41)42-25-11-5-12-26-42)33-19-34-50(47)55(51-38-56-52-35-16-15-32-48(51)52)44-29-17-22-40(36-44)39-20-7-3-8-21-39/h4-6,9-20,22-38H,2-3,7-8,21H2,1H3. The Balaban J connectivity index is 1.23. The second kappa shape index (κ2) is 15.9. The number of hydrogen-bond donors (Lipinski definition) is 0. The molecule has 0 aliphatic heterocycles. The van der Waals surface area contributed by atoms with E-state index in [1.807, 2.05) is 12.3 Å². The van der Waals surface area contributed by atoms with Crippen molar-refractivity contribution in [2.45, 2.75) is 39.0 Å². The van der Waals surface area contributed by atoms with Crippen LogP contribution in [0.4, 0.5) is 51.2 Å². The quantitative estimate of drug-likeness (QED) is 0.132. The van der Waals surface area contributed by atoms with Gasteiger partial charge in [0, 0.05) is 39.5 Å². The first-order chi connectivity index (χ1) is 27.8. The summed E-state index contributed by atoms with van der Waals surface area (Å²) in [6, 6.07) is 65.0. The van der Waals surface area contributed by atoms with E-state index >= 15 is 0 Å². The van der Waals surface area contributed by atoms with Crippen LogP contribution in [0.1, 0.15) is 43.7 Å². The fourth-order valence-electron chi connectivity index (χ4n) is 8.21. The molecule has 0 spiro atoms. The monoisotopic (exact) mass is 727 g/mol. The van der Waals surface area contributed by atoms with Crippen molar-refractivity contribution >= 4 is 67.7 Å². The number of furan rings is 1. The minimum Gasteiger partial charge on any atom is -0.462 e. The van der Waals surface area contributed by atoms with E-state index in [1.165, 1.54) is 29.5 Å². The number of rotatable bonds is 11. The zero-order valence-electron chi connectivity index (χ0n) is 31.8. The molecule has 274 valence electrons. The Morgan fingerprint density at radius 1 is 0.464 bits per heavy atom. The second-order valence-corrected chi connectivity index (χ2v) is 14.3. The minimum atomic E-state index is 0.811. The molecule has 0 atom stereocenters. The molecule has 0 fully saturated rings. The summed E-state index contributed by atoms with van der Waals surface area (Å²) in [5.41, 5.74) is 14.7. The third kappa shape index (κ3) is 6.86. The molecule has 0 N–H and O–H groups in total.